The third kappa shape index (κ3) is 3.94. The quantitative estimate of drug-likeness (QED) is 0.643. The van der Waals surface area contributed by atoms with Gasteiger partial charge in [0.2, 0.25) is 6.79 Å². The third-order valence-corrected chi connectivity index (χ3v) is 6.04. The predicted octanol–water partition coefficient (Wildman–Crippen LogP) is 5.28. The first kappa shape index (κ1) is 20.5. The average Bonchev–Trinajstić information content (AvgIpc) is 3.18. The van der Waals surface area contributed by atoms with Crippen molar-refractivity contribution >= 4 is 22.6 Å². The highest BCUT2D eigenvalue weighted by Gasteiger charge is 2.35. The molecule has 0 amide bonds. The van der Waals surface area contributed by atoms with Gasteiger partial charge in [-0.3, -0.25) is 0 Å². The number of carboxylic acid groups (broad SMARTS) is 1. The number of fused-ring (bicyclic) bond motifs is 2. The minimum absolute atomic E-state index is 0.0172. The summed E-state index contributed by atoms with van der Waals surface area (Å²) < 4.78 is 22.9. The summed E-state index contributed by atoms with van der Waals surface area (Å²) in [6, 6.07) is 11.0. The summed E-state index contributed by atoms with van der Waals surface area (Å²) in [6.45, 7) is 6.14. The van der Waals surface area contributed by atoms with E-state index in [0.717, 1.165) is 17.7 Å². The number of rotatable bonds is 7. The molecule has 30 heavy (non-hydrogen) atoms. The maximum atomic E-state index is 12.4. The molecule has 1 atom stereocenters. The van der Waals surface area contributed by atoms with E-state index >= 15 is 0 Å². The number of hydrogen-bond donors (Lipinski definition) is 1. The van der Waals surface area contributed by atoms with Gasteiger partial charge < -0.3 is 24.1 Å². The van der Waals surface area contributed by atoms with Crippen molar-refractivity contribution in [1.29, 1.82) is 0 Å². The van der Waals surface area contributed by atoms with Crippen molar-refractivity contribution in [2.75, 3.05) is 12.5 Å². The highest BCUT2D eigenvalue weighted by Crippen LogP contribution is 2.49. The van der Waals surface area contributed by atoms with E-state index in [-0.39, 0.29) is 18.5 Å². The molecular weight excluding hydrogens is 404 g/mol. The zero-order chi connectivity index (χ0) is 21.3. The van der Waals surface area contributed by atoms with Gasteiger partial charge in [0.15, 0.2) is 17.6 Å². The number of aliphatic carboxylic acids is 1. The Hall–Kier alpha value is -2.80. The first-order valence-electron chi connectivity index (χ1n) is 9.95. The molecule has 4 rings (SSSR count). The average molecular weight is 429 g/mol. The van der Waals surface area contributed by atoms with Crippen LogP contribution in [0.4, 0.5) is 0 Å². The molecule has 1 N–H and O–H groups in total. The molecular formula is C23H24O6S. The second-order valence-electron chi connectivity index (χ2n) is 7.33. The fourth-order valence-electron chi connectivity index (χ4n) is 3.46. The van der Waals surface area contributed by atoms with Crippen LogP contribution < -0.4 is 18.9 Å². The molecule has 158 valence electrons. The molecule has 7 heteroatoms. The molecule has 0 saturated heterocycles. The predicted molar refractivity (Wildman–Crippen MR) is 115 cm³/mol. The molecule has 2 aliphatic heterocycles. The van der Waals surface area contributed by atoms with Gasteiger partial charge in [0, 0.05) is 16.0 Å². The zero-order valence-corrected chi connectivity index (χ0v) is 18.0. The van der Waals surface area contributed by atoms with Gasteiger partial charge in [0.25, 0.3) is 0 Å². The highest BCUT2D eigenvalue weighted by atomic mass is 32.2. The summed E-state index contributed by atoms with van der Waals surface area (Å²) in [7, 11) is 0. The van der Waals surface area contributed by atoms with Gasteiger partial charge in [-0.05, 0) is 56.4 Å². The van der Waals surface area contributed by atoms with E-state index in [4.69, 9.17) is 18.9 Å². The molecule has 2 heterocycles. The first-order valence-corrected chi connectivity index (χ1v) is 10.9. The van der Waals surface area contributed by atoms with E-state index in [9.17, 15) is 9.90 Å². The Morgan fingerprint density at radius 1 is 1.17 bits per heavy atom. The van der Waals surface area contributed by atoms with Crippen LogP contribution in [-0.4, -0.2) is 29.7 Å². The van der Waals surface area contributed by atoms with Gasteiger partial charge >= 0.3 is 5.97 Å². The minimum Gasteiger partial charge on any atom is -0.491 e. The lowest BCUT2D eigenvalue weighted by Gasteiger charge is -2.30. The number of thioether (sulfide) groups is 1. The van der Waals surface area contributed by atoms with Gasteiger partial charge in [-0.2, -0.15) is 0 Å². The van der Waals surface area contributed by atoms with Crippen LogP contribution in [0.5, 0.6) is 23.0 Å². The molecule has 0 aliphatic carbocycles. The molecule has 2 aromatic carbocycles. The van der Waals surface area contributed by atoms with Crippen LogP contribution in [0.15, 0.2) is 42.0 Å². The number of benzene rings is 2. The van der Waals surface area contributed by atoms with Crippen LogP contribution in [0.2, 0.25) is 0 Å². The van der Waals surface area contributed by atoms with Crippen molar-refractivity contribution in [3.05, 3.63) is 53.1 Å². The fourth-order valence-corrected chi connectivity index (χ4v) is 4.54. The van der Waals surface area contributed by atoms with Crippen molar-refractivity contribution in [1.82, 2.24) is 0 Å². The zero-order valence-electron chi connectivity index (χ0n) is 17.1. The molecule has 0 saturated carbocycles. The van der Waals surface area contributed by atoms with Crippen LogP contribution in [0.1, 0.15) is 44.4 Å². The van der Waals surface area contributed by atoms with Crippen molar-refractivity contribution in [2.24, 2.45) is 0 Å². The smallest absolute Gasteiger partial charge is 0.336 e. The standard InChI is InChI=1S/C23H24O6S/c1-4-9-30-22-16-11-15(28-13(2)3)6-8-17(16)29-21(20(22)23(24)25)14-5-7-18-19(10-14)27-12-26-18/h5-8,10-11,13,21H,4,9,12H2,1-3H3,(H,24,25). The Bertz CT molecular complexity index is 997. The first-order chi connectivity index (χ1) is 14.5. The largest absolute Gasteiger partial charge is 0.491 e. The van der Waals surface area contributed by atoms with Gasteiger partial charge in [-0.25, -0.2) is 4.79 Å². The fraction of sp³-hybridized carbons (Fsp3) is 0.348. The van der Waals surface area contributed by atoms with E-state index < -0.39 is 12.1 Å². The second-order valence-corrected chi connectivity index (χ2v) is 8.44. The van der Waals surface area contributed by atoms with Gasteiger partial charge in [0.1, 0.15) is 11.5 Å². The van der Waals surface area contributed by atoms with Crippen molar-refractivity contribution < 1.29 is 28.8 Å². The summed E-state index contributed by atoms with van der Waals surface area (Å²) >= 11 is 1.54. The lowest BCUT2D eigenvalue weighted by Crippen LogP contribution is -2.22. The number of carbonyl (C=O) groups is 1. The van der Waals surface area contributed by atoms with Crippen LogP contribution >= 0.6 is 11.8 Å². The van der Waals surface area contributed by atoms with Gasteiger partial charge in [0.05, 0.1) is 11.7 Å². The van der Waals surface area contributed by atoms with E-state index in [1.807, 2.05) is 38.1 Å². The van der Waals surface area contributed by atoms with E-state index in [0.29, 0.717) is 33.5 Å². The molecule has 6 nitrogen and oxygen atoms in total. The van der Waals surface area contributed by atoms with Gasteiger partial charge in [-0.15, -0.1) is 11.8 Å². The van der Waals surface area contributed by atoms with Crippen LogP contribution in [-0.2, 0) is 4.79 Å². The second kappa shape index (κ2) is 8.52. The molecule has 0 radical (unpaired) electrons. The Morgan fingerprint density at radius 2 is 1.93 bits per heavy atom. The lowest BCUT2D eigenvalue weighted by atomic mass is 9.95. The summed E-state index contributed by atoms with van der Waals surface area (Å²) in [4.78, 5) is 13.1. The normalized spacial score (nSPS) is 17.0. The van der Waals surface area contributed by atoms with Crippen LogP contribution in [0, 0.1) is 0 Å². The minimum atomic E-state index is -1.00. The van der Waals surface area contributed by atoms with Crippen LogP contribution in [0.3, 0.4) is 0 Å². The molecule has 0 aromatic heterocycles. The SMILES string of the molecule is CCCSC1=C(C(=O)O)C(c2ccc3c(c2)OCO3)Oc2ccc(OC(C)C)cc21. The number of ether oxygens (including phenoxy) is 4. The lowest BCUT2D eigenvalue weighted by molar-refractivity contribution is -0.133. The molecule has 0 bridgehead atoms. The van der Waals surface area contributed by atoms with E-state index in [1.54, 1.807) is 12.1 Å². The Labute approximate surface area is 179 Å². The molecule has 0 spiro atoms. The number of carboxylic acids is 1. The highest BCUT2D eigenvalue weighted by molar-refractivity contribution is 8.08. The monoisotopic (exact) mass is 428 g/mol. The summed E-state index contributed by atoms with van der Waals surface area (Å²) in [5.74, 6) is 2.36. The number of hydrogen-bond acceptors (Lipinski definition) is 6. The molecule has 2 aliphatic rings. The summed E-state index contributed by atoms with van der Waals surface area (Å²) in [6.07, 6.45) is 0.193. The van der Waals surface area contributed by atoms with Gasteiger partial charge in [-0.1, -0.05) is 13.0 Å². The van der Waals surface area contributed by atoms with E-state index in [1.165, 1.54) is 11.8 Å². The molecule has 1 unspecified atom stereocenters. The van der Waals surface area contributed by atoms with Crippen molar-refractivity contribution in [2.45, 2.75) is 39.4 Å². The Kier molecular flexibility index (Phi) is 5.81. The van der Waals surface area contributed by atoms with Crippen molar-refractivity contribution in [3.8, 4) is 23.0 Å². The molecule has 0 fully saturated rings. The maximum absolute atomic E-state index is 12.4. The van der Waals surface area contributed by atoms with E-state index in [2.05, 4.69) is 6.92 Å². The topological polar surface area (TPSA) is 74.2 Å². The maximum Gasteiger partial charge on any atom is 0.336 e. The third-order valence-electron chi connectivity index (χ3n) is 4.70. The molecule has 2 aromatic rings. The Morgan fingerprint density at radius 3 is 2.67 bits per heavy atom. The summed E-state index contributed by atoms with van der Waals surface area (Å²) in [5, 5.41) is 10.1. The van der Waals surface area contributed by atoms with Crippen LogP contribution in [0.25, 0.3) is 4.91 Å². The Balaban J connectivity index is 1.83. The summed E-state index contributed by atoms with van der Waals surface area (Å²) in [5.41, 5.74) is 1.68. The van der Waals surface area contributed by atoms with Crippen molar-refractivity contribution in [3.63, 3.8) is 0 Å².